The van der Waals surface area contributed by atoms with Crippen LogP contribution < -0.4 is 4.74 Å². The number of esters is 1. The molecule has 4 nitrogen and oxygen atoms in total. The molecule has 0 atom stereocenters. The molecule has 3 rings (SSSR count). The van der Waals surface area contributed by atoms with E-state index in [2.05, 4.69) is 4.98 Å². The molecule has 1 aromatic heterocycles. The average molecular weight is 281 g/mol. The van der Waals surface area contributed by atoms with Crippen molar-refractivity contribution in [3.63, 3.8) is 0 Å². The van der Waals surface area contributed by atoms with Gasteiger partial charge in [0, 0.05) is 22.2 Å². The van der Waals surface area contributed by atoms with Crippen molar-refractivity contribution in [3.05, 3.63) is 54.1 Å². The van der Waals surface area contributed by atoms with Crippen molar-refractivity contribution >= 4 is 16.9 Å². The Morgan fingerprint density at radius 2 is 1.90 bits per heavy atom. The Kier molecular flexibility index (Phi) is 3.36. The number of aromatic nitrogens is 1. The first-order chi connectivity index (χ1) is 10.2. The highest BCUT2D eigenvalue weighted by molar-refractivity contribution is 5.95. The minimum atomic E-state index is -0.338. The van der Waals surface area contributed by atoms with Crippen molar-refractivity contribution in [2.24, 2.45) is 0 Å². The van der Waals surface area contributed by atoms with Gasteiger partial charge in [-0.05, 0) is 30.3 Å². The third kappa shape index (κ3) is 2.48. The third-order valence-corrected chi connectivity index (χ3v) is 3.42. The largest absolute Gasteiger partial charge is 0.497 e. The molecule has 0 saturated heterocycles. The summed E-state index contributed by atoms with van der Waals surface area (Å²) >= 11 is 0. The predicted molar refractivity (Wildman–Crippen MR) is 81.6 cm³/mol. The van der Waals surface area contributed by atoms with E-state index in [9.17, 15) is 4.79 Å². The highest BCUT2D eigenvalue weighted by Gasteiger charge is 2.09. The lowest BCUT2D eigenvalue weighted by molar-refractivity contribution is 0.0601. The van der Waals surface area contributed by atoms with Crippen LogP contribution in [0.1, 0.15) is 10.4 Å². The molecule has 0 saturated carbocycles. The second-order valence-electron chi connectivity index (χ2n) is 4.71. The lowest BCUT2D eigenvalue weighted by atomic mass is 10.1. The van der Waals surface area contributed by atoms with E-state index in [1.165, 1.54) is 7.11 Å². The number of carbonyl (C=O) groups is 1. The van der Waals surface area contributed by atoms with Gasteiger partial charge in [-0.25, -0.2) is 4.79 Å². The Bertz CT molecular complexity index is 805. The fourth-order valence-corrected chi connectivity index (χ4v) is 2.32. The van der Waals surface area contributed by atoms with E-state index in [1.54, 1.807) is 19.2 Å². The predicted octanol–water partition coefficient (Wildman–Crippen LogP) is 3.63. The van der Waals surface area contributed by atoms with Gasteiger partial charge in [-0.2, -0.15) is 0 Å². The van der Waals surface area contributed by atoms with E-state index >= 15 is 0 Å². The number of hydrogen-bond donors (Lipinski definition) is 1. The van der Waals surface area contributed by atoms with Gasteiger partial charge in [0.05, 0.1) is 19.8 Å². The molecule has 21 heavy (non-hydrogen) atoms. The SMILES string of the molecule is COC(=O)c1ccc2cc(-c3cccc(OC)c3)[nH]c2c1. The second kappa shape index (κ2) is 5.32. The normalized spacial score (nSPS) is 10.6. The van der Waals surface area contributed by atoms with Gasteiger partial charge in [-0.15, -0.1) is 0 Å². The maximum absolute atomic E-state index is 11.6. The average Bonchev–Trinajstić information content (AvgIpc) is 2.97. The van der Waals surface area contributed by atoms with Crippen LogP contribution in [-0.2, 0) is 4.74 Å². The highest BCUT2D eigenvalue weighted by atomic mass is 16.5. The van der Waals surface area contributed by atoms with E-state index in [0.717, 1.165) is 27.9 Å². The van der Waals surface area contributed by atoms with Crippen LogP contribution in [0.2, 0.25) is 0 Å². The van der Waals surface area contributed by atoms with Crippen LogP contribution in [0.5, 0.6) is 5.75 Å². The molecule has 3 aromatic rings. The van der Waals surface area contributed by atoms with Crippen molar-refractivity contribution in [1.82, 2.24) is 4.98 Å². The van der Waals surface area contributed by atoms with Crippen molar-refractivity contribution in [2.75, 3.05) is 14.2 Å². The van der Waals surface area contributed by atoms with Crippen molar-refractivity contribution < 1.29 is 14.3 Å². The Balaban J connectivity index is 2.06. The second-order valence-corrected chi connectivity index (χ2v) is 4.71. The fourth-order valence-electron chi connectivity index (χ4n) is 2.32. The zero-order valence-electron chi connectivity index (χ0n) is 11.8. The van der Waals surface area contributed by atoms with Crippen LogP contribution in [0, 0.1) is 0 Å². The topological polar surface area (TPSA) is 51.3 Å². The zero-order valence-corrected chi connectivity index (χ0v) is 11.8. The van der Waals surface area contributed by atoms with Crippen LogP contribution in [0.15, 0.2) is 48.5 Å². The number of H-pyrrole nitrogens is 1. The highest BCUT2D eigenvalue weighted by Crippen LogP contribution is 2.27. The minimum Gasteiger partial charge on any atom is -0.497 e. The van der Waals surface area contributed by atoms with Gasteiger partial charge in [0.2, 0.25) is 0 Å². The Hall–Kier alpha value is -2.75. The number of fused-ring (bicyclic) bond motifs is 1. The standard InChI is InChI=1S/C17H15NO3/c1-20-14-5-3-4-11(8-14)15-9-12-6-7-13(17(19)21-2)10-16(12)18-15/h3-10,18H,1-2H3. The number of ether oxygens (including phenoxy) is 2. The molecule has 0 radical (unpaired) electrons. The first kappa shape index (κ1) is 13.2. The molecule has 0 amide bonds. The summed E-state index contributed by atoms with van der Waals surface area (Å²) in [6.45, 7) is 0. The number of carbonyl (C=O) groups excluding carboxylic acids is 1. The van der Waals surface area contributed by atoms with Gasteiger partial charge in [-0.1, -0.05) is 18.2 Å². The van der Waals surface area contributed by atoms with Gasteiger partial charge in [0.15, 0.2) is 0 Å². The van der Waals surface area contributed by atoms with E-state index in [0.29, 0.717) is 5.56 Å². The van der Waals surface area contributed by atoms with E-state index in [-0.39, 0.29) is 5.97 Å². The molecule has 0 aliphatic rings. The first-order valence-electron chi connectivity index (χ1n) is 6.57. The first-order valence-corrected chi connectivity index (χ1v) is 6.57. The number of nitrogens with one attached hydrogen (secondary N) is 1. The third-order valence-electron chi connectivity index (χ3n) is 3.42. The zero-order chi connectivity index (χ0) is 14.8. The summed E-state index contributed by atoms with van der Waals surface area (Å²) in [6, 6.07) is 15.3. The Labute approximate surface area is 122 Å². The molecule has 0 fully saturated rings. The summed E-state index contributed by atoms with van der Waals surface area (Å²) < 4.78 is 9.98. The monoisotopic (exact) mass is 281 g/mol. The number of methoxy groups -OCH3 is 2. The molecule has 106 valence electrons. The van der Waals surface area contributed by atoms with Gasteiger partial charge >= 0.3 is 5.97 Å². The summed E-state index contributed by atoms with van der Waals surface area (Å²) in [5, 5.41) is 1.04. The molecule has 0 aliphatic heterocycles. The summed E-state index contributed by atoms with van der Waals surface area (Å²) in [6.07, 6.45) is 0. The maximum atomic E-state index is 11.6. The van der Waals surface area contributed by atoms with Gasteiger partial charge in [0.25, 0.3) is 0 Å². The van der Waals surface area contributed by atoms with Gasteiger partial charge in [-0.3, -0.25) is 0 Å². The van der Waals surface area contributed by atoms with Crippen LogP contribution in [-0.4, -0.2) is 25.2 Å². The summed E-state index contributed by atoms with van der Waals surface area (Å²) in [4.78, 5) is 14.9. The molecule has 0 unspecified atom stereocenters. The van der Waals surface area contributed by atoms with Crippen LogP contribution >= 0.6 is 0 Å². The quantitative estimate of drug-likeness (QED) is 0.746. The molecule has 0 bridgehead atoms. The lowest BCUT2D eigenvalue weighted by Gasteiger charge is -2.02. The number of benzene rings is 2. The van der Waals surface area contributed by atoms with Gasteiger partial charge in [0.1, 0.15) is 5.75 Å². The van der Waals surface area contributed by atoms with Crippen LogP contribution in [0.25, 0.3) is 22.2 Å². The van der Waals surface area contributed by atoms with Crippen molar-refractivity contribution in [2.45, 2.75) is 0 Å². The van der Waals surface area contributed by atoms with E-state index in [1.807, 2.05) is 36.4 Å². The molecular weight excluding hydrogens is 266 g/mol. The summed E-state index contributed by atoms with van der Waals surface area (Å²) in [5.74, 6) is 0.468. The molecule has 2 aromatic carbocycles. The van der Waals surface area contributed by atoms with Crippen molar-refractivity contribution in [3.8, 4) is 17.0 Å². The number of hydrogen-bond acceptors (Lipinski definition) is 3. The molecule has 1 N–H and O–H groups in total. The smallest absolute Gasteiger partial charge is 0.337 e. The number of aromatic amines is 1. The minimum absolute atomic E-state index is 0.338. The number of rotatable bonds is 3. The fraction of sp³-hybridized carbons (Fsp3) is 0.118. The molecule has 0 spiro atoms. The van der Waals surface area contributed by atoms with Gasteiger partial charge < -0.3 is 14.5 Å². The molecule has 1 heterocycles. The summed E-state index contributed by atoms with van der Waals surface area (Å²) in [5.41, 5.74) is 3.44. The summed E-state index contributed by atoms with van der Waals surface area (Å²) in [7, 11) is 3.02. The molecule has 0 aliphatic carbocycles. The van der Waals surface area contributed by atoms with Crippen LogP contribution in [0.3, 0.4) is 0 Å². The Morgan fingerprint density at radius 3 is 2.67 bits per heavy atom. The molecule has 4 heteroatoms. The van der Waals surface area contributed by atoms with Crippen molar-refractivity contribution in [1.29, 1.82) is 0 Å². The Morgan fingerprint density at radius 1 is 1.05 bits per heavy atom. The van der Waals surface area contributed by atoms with E-state index in [4.69, 9.17) is 9.47 Å². The lowest BCUT2D eigenvalue weighted by Crippen LogP contribution is -2.00. The van der Waals surface area contributed by atoms with E-state index < -0.39 is 0 Å². The molecular formula is C17H15NO3. The maximum Gasteiger partial charge on any atom is 0.337 e. The van der Waals surface area contributed by atoms with Crippen LogP contribution in [0.4, 0.5) is 0 Å².